The second-order valence-electron chi connectivity index (χ2n) is 5.15. The summed E-state index contributed by atoms with van der Waals surface area (Å²) in [7, 11) is 0.167. The van der Waals surface area contributed by atoms with E-state index in [2.05, 4.69) is 0 Å². The summed E-state index contributed by atoms with van der Waals surface area (Å²) in [6.45, 7) is 1.92. The van der Waals surface area contributed by atoms with Crippen LogP contribution in [0.4, 0.5) is 0 Å². The third kappa shape index (κ3) is 2.89. The topological polar surface area (TPSA) is 83.7 Å². The highest BCUT2D eigenvalue weighted by Gasteiger charge is 2.38. The van der Waals surface area contributed by atoms with Crippen LogP contribution >= 0.6 is 0 Å². The third-order valence-electron chi connectivity index (χ3n) is 3.92. The smallest absolute Gasteiger partial charge is 0.281 e. The number of hydrogen-bond donors (Lipinski definition) is 1. The average Bonchev–Trinajstić information content (AvgIpc) is 2.45. The number of nitrogens with zero attached hydrogens (tertiary/aromatic N) is 2. The minimum atomic E-state index is -1.10. The van der Waals surface area contributed by atoms with Gasteiger partial charge in [-0.05, 0) is 17.5 Å². The van der Waals surface area contributed by atoms with E-state index in [4.69, 9.17) is 0 Å². The quantitative estimate of drug-likeness (QED) is 0.353. The Morgan fingerprint density at radius 3 is 2.75 bits per heavy atom. The molecule has 1 aromatic rings. The third-order valence-corrected chi connectivity index (χ3v) is 3.92. The number of hydrogen-bond acceptors (Lipinski definition) is 5. The van der Waals surface area contributed by atoms with Crippen LogP contribution in [0.5, 0.6) is 0 Å². The van der Waals surface area contributed by atoms with Crippen molar-refractivity contribution in [2.24, 2.45) is 0 Å². The summed E-state index contributed by atoms with van der Waals surface area (Å²) in [6.07, 6.45) is 0.187. The van der Waals surface area contributed by atoms with E-state index in [-0.39, 0.29) is 7.41 Å². The Bertz CT molecular complexity index is 511. The van der Waals surface area contributed by atoms with Gasteiger partial charge < -0.3 is 14.7 Å². The van der Waals surface area contributed by atoms with Crippen molar-refractivity contribution < 1.29 is 14.8 Å². The maximum atomic E-state index is 10.9. The van der Waals surface area contributed by atoms with Crippen molar-refractivity contribution >= 4 is 13.6 Å². The van der Waals surface area contributed by atoms with Crippen molar-refractivity contribution in [3.05, 3.63) is 45.5 Å². The fourth-order valence-corrected chi connectivity index (χ4v) is 2.68. The van der Waals surface area contributed by atoms with E-state index in [1.165, 1.54) is 6.92 Å². The lowest BCUT2D eigenvalue weighted by atomic mass is 9.81. The van der Waals surface area contributed by atoms with Gasteiger partial charge in [0.05, 0.1) is 6.19 Å². The van der Waals surface area contributed by atoms with Crippen LogP contribution in [0.3, 0.4) is 0 Å². The summed E-state index contributed by atoms with van der Waals surface area (Å²) in [6, 6.07) is 6.31. The van der Waals surface area contributed by atoms with E-state index < -0.39 is 23.1 Å². The Morgan fingerprint density at radius 1 is 1.50 bits per heavy atom. The van der Waals surface area contributed by atoms with Gasteiger partial charge in [-0.1, -0.05) is 24.3 Å². The number of carbonyl (C=O) groups excluding carboxylic acids is 1. The number of aliphatic hydroxyl groups is 1. The number of nitro groups is 1. The maximum Gasteiger partial charge on any atom is 0.281 e. The Labute approximate surface area is 117 Å². The van der Waals surface area contributed by atoms with Crippen molar-refractivity contribution in [1.29, 1.82) is 0 Å². The highest BCUT2D eigenvalue weighted by molar-refractivity contribution is 6.64. The van der Waals surface area contributed by atoms with Crippen LogP contribution in [0.2, 0.25) is 0 Å². The van der Waals surface area contributed by atoms with Crippen LogP contribution in [0, 0.1) is 10.1 Å². The molecule has 0 radical (unpaired) electrons. The molecule has 1 unspecified atom stereocenters. The van der Waals surface area contributed by atoms with E-state index in [9.17, 15) is 20.0 Å². The summed E-state index contributed by atoms with van der Waals surface area (Å²) >= 11 is 0. The molecule has 1 N–H and O–H groups in total. The Kier molecular flexibility index (Phi) is 4.51. The molecule has 3 atom stereocenters. The van der Waals surface area contributed by atoms with Crippen LogP contribution < -0.4 is 0 Å². The van der Waals surface area contributed by atoms with Crippen LogP contribution in [0.15, 0.2) is 24.3 Å². The van der Waals surface area contributed by atoms with Gasteiger partial charge in [0.25, 0.3) is 7.41 Å². The van der Waals surface area contributed by atoms with Gasteiger partial charge >= 0.3 is 0 Å². The molecule has 0 aliphatic carbocycles. The summed E-state index contributed by atoms with van der Waals surface area (Å²) < 4.78 is 0. The highest BCUT2D eigenvalue weighted by Crippen LogP contribution is 2.25. The molecule has 6 nitrogen and oxygen atoms in total. The lowest BCUT2D eigenvalue weighted by molar-refractivity contribution is -0.531. The largest absolute Gasteiger partial charge is 0.384 e. The molecule has 0 spiro atoms. The summed E-state index contributed by atoms with van der Waals surface area (Å²) in [5.74, 6) is 0. The SMILES string of the molecule is CC([C@H](O)[C@@H]1Cc2ccccc2CN1BC=O)[N+](=O)[O-]. The van der Waals surface area contributed by atoms with Gasteiger partial charge in [0, 0.05) is 24.4 Å². The second kappa shape index (κ2) is 6.15. The molecule has 0 fully saturated rings. The van der Waals surface area contributed by atoms with Gasteiger partial charge in [-0.25, -0.2) is 0 Å². The maximum absolute atomic E-state index is 10.9. The number of rotatable bonds is 5. The van der Waals surface area contributed by atoms with E-state index in [1.54, 1.807) is 4.81 Å². The predicted octanol–water partition coefficient (Wildman–Crippen LogP) is -0.0189. The first-order valence-corrected chi connectivity index (χ1v) is 6.60. The van der Waals surface area contributed by atoms with Crippen molar-refractivity contribution in [3.63, 3.8) is 0 Å². The molecule has 1 heterocycles. The Hall–Kier alpha value is -1.73. The molecule has 0 bridgehead atoms. The molecule has 0 aromatic heterocycles. The lowest BCUT2D eigenvalue weighted by Gasteiger charge is -2.38. The summed E-state index contributed by atoms with van der Waals surface area (Å²) in [5.41, 5.74) is 2.18. The van der Waals surface area contributed by atoms with E-state index in [0.29, 0.717) is 13.0 Å². The average molecular weight is 276 g/mol. The molecule has 1 aliphatic rings. The summed E-state index contributed by atoms with van der Waals surface area (Å²) in [5, 5.41) is 21.1. The first-order chi connectivity index (χ1) is 9.54. The van der Waals surface area contributed by atoms with Crippen molar-refractivity contribution in [1.82, 2.24) is 4.81 Å². The standard InChI is InChI=1S/C13H17BN2O4/c1-9(16(19)20)13(18)12-6-10-4-2-3-5-11(10)7-15(12)14-8-17/h2-5,8-9,12-14,18H,6-7H2,1H3/t9?,12-,13-/m0/s1. The molecule has 0 saturated heterocycles. The van der Waals surface area contributed by atoms with Crippen LogP contribution in [0.25, 0.3) is 0 Å². The van der Waals surface area contributed by atoms with Crippen molar-refractivity contribution in [2.75, 3.05) is 0 Å². The molecular weight excluding hydrogens is 259 g/mol. The lowest BCUT2D eigenvalue weighted by Crippen LogP contribution is -2.54. The molecular formula is C13H17BN2O4. The van der Waals surface area contributed by atoms with E-state index in [0.717, 1.165) is 17.3 Å². The fraction of sp³-hybridized carbons (Fsp3) is 0.462. The van der Waals surface area contributed by atoms with Crippen molar-refractivity contribution in [3.8, 4) is 0 Å². The van der Waals surface area contributed by atoms with Crippen LogP contribution in [0.1, 0.15) is 18.1 Å². The fourth-order valence-electron chi connectivity index (χ4n) is 2.68. The Balaban J connectivity index is 2.25. The molecule has 0 amide bonds. The van der Waals surface area contributed by atoms with Gasteiger partial charge in [-0.15, -0.1) is 0 Å². The monoisotopic (exact) mass is 276 g/mol. The minimum absolute atomic E-state index is 0.167. The molecule has 1 aliphatic heterocycles. The van der Waals surface area contributed by atoms with Crippen LogP contribution in [-0.2, 0) is 17.8 Å². The van der Waals surface area contributed by atoms with Gasteiger partial charge in [0.2, 0.25) is 6.04 Å². The van der Waals surface area contributed by atoms with E-state index in [1.807, 2.05) is 24.3 Å². The predicted molar refractivity (Wildman–Crippen MR) is 75.8 cm³/mol. The molecule has 7 heteroatoms. The normalized spacial score (nSPS) is 21.6. The minimum Gasteiger partial charge on any atom is -0.384 e. The number of aliphatic hydroxyl groups excluding tert-OH is 1. The summed E-state index contributed by atoms with van der Waals surface area (Å²) in [4.78, 5) is 23.0. The first-order valence-electron chi connectivity index (χ1n) is 6.60. The van der Waals surface area contributed by atoms with Gasteiger partial charge in [-0.3, -0.25) is 10.1 Å². The first kappa shape index (κ1) is 14.7. The number of fused-ring (bicyclic) bond motifs is 1. The highest BCUT2D eigenvalue weighted by atomic mass is 16.6. The van der Waals surface area contributed by atoms with Crippen LogP contribution in [-0.4, -0.2) is 46.6 Å². The molecule has 1 aromatic carbocycles. The molecule has 106 valence electrons. The van der Waals surface area contributed by atoms with Gasteiger partial charge in [-0.2, -0.15) is 0 Å². The van der Waals surface area contributed by atoms with Crippen molar-refractivity contribution in [2.45, 2.75) is 38.1 Å². The zero-order chi connectivity index (χ0) is 14.7. The van der Waals surface area contributed by atoms with E-state index >= 15 is 0 Å². The second-order valence-corrected chi connectivity index (χ2v) is 5.15. The van der Waals surface area contributed by atoms with Gasteiger partial charge in [0.15, 0.2) is 0 Å². The molecule has 20 heavy (non-hydrogen) atoms. The number of benzene rings is 1. The van der Waals surface area contributed by atoms with Gasteiger partial charge in [0.1, 0.15) is 6.10 Å². The Morgan fingerprint density at radius 2 is 2.15 bits per heavy atom. The molecule has 0 saturated carbocycles. The number of carbonyl (C=O) groups is 1. The molecule has 2 rings (SSSR count). The zero-order valence-electron chi connectivity index (χ0n) is 11.3. The zero-order valence-corrected chi connectivity index (χ0v) is 11.3.